The summed E-state index contributed by atoms with van der Waals surface area (Å²) in [7, 11) is 0. The maximum Gasteiger partial charge on any atom is 0.325 e. The highest BCUT2D eigenvalue weighted by atomic mass is 16.4. The number of amides is 3. The Hall–Kier alpha value is -2.90. The minimum absolute atomic E-state index is 0.131. The summed E-state index contributed by atoms with van der Waals surface area (Å²) in [4.78, 5) is 47.7. The summed E-state index contributed by atoms with van der Waals surface area (Å²) in [6, 6.07) is 3.21. The number of benzene rings is 1. The number of phenols is 1. The molecule has 0 saturated heterocycles. The van der Waals surface area contributed by atoms with Gasteiger partial charge in [0.2, 0.25) is 11.8 Å². The molecule has 0 aliphatic heterocycles. The summed E-state index contributed by atoms with van der Waals surface area (Å²) in [6.45, 7) is 3.65. The van der Waals surface area contributed by atoms with Gasteiger partial charge in [0, 0.05) is 6.92 Å². The van der Waals surface area contributed by atoms with Crippen molar-refractivity contribution in [3.63, 3.8) is 0 Å². The van der Waals surface area contributed by atoms with Gasteiger partial charge in [-0.25, -0.2) is 0 Å². The Morgan fingerprint density at radius 3 is 2.17 bits per heavy atom. The van der Waals surface area contributed by atoms with Crippen molar-refractivity contribution in [3.05, 3.63) is 29.8 Å². The molecular formula is C15H18N2O6. The number of para-hydroxylation sites is 1. The molecule has 2 unspecified atom stereocenters. The maximum absolute atomic E-state index is 12.4. The molecule has 0 saturated carbocycles. The number of hydrogen-bond donors (Lipinski definition) is 3. The summed E-state index contributed by atoms with van der Waals surface area (Å²) in [6.07, 6.45) is 0. The van der Waals surface area contributed by atoms with Crippen LogP contribution in [0.15, 0.2) is 24.3 Å². The quantitative estimate of drug-likeness (QED) is 0.719. The highest BCUT2D eigenvalue weighted by molar-refractivity contribution is 6.08. The highest BCUT2D eigenvalue weighted by Gasteiger charge is 2.32. The van der Waals surface area contributed by atoms with Crippen LogP contribution >= 0.6 is 0 Å². The molecule has 0 aromatic heterocycles. The Morgan fingerprint density at radius 1 is 1.13 bits per heavy atom. The van der Waals surface area contributed by atoms with Crippen molar-refractivity contribution in [1.82, 2.24) is 10.2 Å². The van der Waals surface area contributed by atoms with Gasteiger partial charge in [0.25, 0.3) is 5.91 Å². The van der Waals surface area contributed by atoms with Gasteiger partial charge >= 0.3 is 5.97 Å². The Bertz CT molecular complexity index is 643. The zero-order valence-corrected chi connectivity index (χ0v) is 12.9. The lowest BCUT2D eigenvalue weighted by molar-refractivity contribution is -0.142. The number of nitrogens with zero attached hydrogens (tertiary/aromatic N) is 1. The number of aliphatic carboxylic acids is 1. The van der Waals surface area contributed by atoms with Crippen LogP contribution in [0.5, 0.6) is 5.75 Å². The lowest BCUT2D eigenvalue weighted by Gasteiger charge is -2.26. The molecule has 124 valence electrons. The van der Waals surface area contributed by atoms with E-state index in [-0.39, 0.29) is 11.3 Å². The average molecular weight is 322 g/mol. The monoisotopic (exact) mass is 322 g/mol. The Labute approximate surface area is 132 Å². The number of carbonyl (C=O) groups is 4. The first-order chi connectivity index (χ1) is 10.7. The molecule has 0 fully saturated rings. The molecule has 8 nitrogen and oxygen atoms in total. The first-order valence-electron chi connectivity index (χ1n) is 6.82. The second-order valence-corrected chi connectivity index (χ2v) is 4.96. The number of nitrogens with one attached hydrogen (secondary N) is 1. The number of hydrogen-bond acceptors (Lipinski definition) is 5. The molecule has 0 heterocycles. The second-order valence-electron chi connectivity index (χ2n) is 4.96. The maximum atomic E-state index is 12.4. The summed E-state index contributed by atoms with van der Waals surface area (Å²) >= 11 is 0. The van der Waals surface area contributed by atoms with Gasteiger partial charge in [0.05, 0.1) is 5.56 Å². The van der Waals surface area contributed by atoms with E-state index in [1.54, 1.807) is 0 Å². The number of phenolic OH excluding ortho intramolecular Hbond substituents is 1. The lowest BCUT2D eigenvalue weighted by Crippen LogP contribution is -2.52. The van der Waals surface area contributed by atoms with Crippen molar-refractivity contribution < 1.29 is 29.4 Å². The molecule has 0 radical (unpaired) electrons. The third kappa shape index (κ3) is 4.29. The Morgan fingerprint density at radius 2 is 1.70 bits per heavy atom. The van der Waals surface area contributed by atoms with E-state index in [2.05, 4.69) is 5.32 Å². The molecule has 1 rings (SSSR count). The van der Waals surface area contributed by atoms with Crippen molar-refractivity contribution in [2.45, 2.75) is 32.9 Å². The average Bonchev–Trinajstić information content (AvgIpc) is 2.46. The van der Waals surface area contributed by atoms with E-state index in [0.29, 0.717) is 4.90 Å². The van der Waals surface area contributed by atoms with E-state index in [1.807, 2.05) is 0 Å². The summed E-state index contributed by atoms with van der Waals surface area (Å²) in [5.74, 6) is -3.91. The van der Waals surface area contributed by atoms with Crippen LogP contribution < -0.4 is 5.32 Å². The van der Waals surface area contributed by atoms with Gasteiger partial charge in [-0.2, -0.15) is 0 Å². The summed E-state index contributed by atoms with van der Waals surface area (Å²) < 4.78 is 0. The molecular weight excluding hydrogens is 304 g/mol. The van der Waals surface area contributed by atoms with Gasteiger partial charge in [0.1, 0.15) is 17.8 Å². The minimum atomic E-state index is -1.24. The van der Waals surface area contributed by atoms with Crippen LogP contribution in [-0.4, -0.2) is 50.9 Å². The van der Waals surface area contributed by atoms with E-state index < -0.39 is 35.8 Å². The Balaban J connectivity index is 3.05. The van der Waals surface area contributed by atoms with E-state index >= 15 is 0 Å². The van der Waals surface area contributed by atoms with E-state index in [9.17, 15) is 24.3 Å². The van der Waals surface area contributed by atoms with Crippen molar-refractivity contribution in [1.29, 1.82) is 0 Å². The fourth-order valence-corrected chi connectivity index (χ4v) is 1.89. The molecule has 3 amide bonds. The lowest BCUT2D eigenvalue weighted by atomic mass is 10.1. The third-order valence-corrected chi connectivity index (χ3v) is 3.19. The van der Waals surface area contributed by atoms with E-state index in [0.717, 1.165) is 6.92 Å². The number of imide groups is 1. The van der Waals surface area contributed by atoms with Crippen LogP contribution in [0.2, 0.25) is 0 Å². The molecule has 0 aliphatic carbocycles. The zero-order valence-electron chi connectivity index (χ0n) is 12.9. The number of carboxylic acids is 1. The topological polar surface area (TPSA) is 124 Å². The van der Waals surface area contributed by atoms with Crippen LogP contribution in [0.1, 0.15) is 31.1 Å². The molecule has 8 heteroatoms. The first-order valence-corrected chi connectivity index (χ1v) is 6.82. The van der Waals surface area contributed by atoms with Crippen molar-refractivity contribution >= 4 is 23.7 Å². The largest absolute Gasteiger partial charge is 0.507 e. The van der Waals surface area contributed by atoms with Crippen molar-refractivity contribution in [3.8, 4) is 5.75 Å². The standard InChI is InChI=1S/C15H18N2O6/c1-8(15(22)23)16-13(20)9(2)17(10(3)18)14(21)11-6-4-5-7-12(11)19/h4-9,19H,1-3H3,(H,16,20)(H,22,23). The number of carboxylic acid groups (broad SMARTS) is 1. The fourth-order valence-electron chi connectivity index (χ4n) is 1.89. The summed E-state index contributed by atoms with van der Waals surface area (Å²) in [5.41, 5.74) is -0.131. The van der Waals surface area contributed by atoms with Crippen LogP contribution in [0.4, 0.5) is 0 Å². The van der Waals surface area contributed by atoms with Crippen molar-refractivity contribution in [2.75, 3.05) is 0 Å². The van der Waals surface area contributed by atoms with Crippen LogP contribution in [0.3, 0.4) is 0 Å². The molecule has 0 aliphatic rings. The normalized spacial score (nSPS) is 12.8. The smallest absolute Gasteiger partial charge is 0.325 e. The van der Waals surface area contributed by atoms with Gasteiger partial charge < -0.3 is 15.5 Å². The molecule has 0 bridgehead atoms. The third-order valence-electron chi connectivity index (χ3n) is 3.19. The van der Waals surface area contributed by atoms with Gasteiger partial charge in [-0.15, -0.1) is 0 Å². The SMILES string of the molecule is CC(=O)N(C(=O)c1ccccc1O)C(C)C(=O)NC(C)C(=O)O. The van der Waals surface area contributed by atoms with E-state index in [1.165, 1.54) is 38.1 Å². The molecule has 2 atom stereocenters. The van der Waals surface area contributed by atoms with Gasteiger partial charge in [-0.3, -0.25) is 24.1 Å². The van der Waals surface area contributed by atoms with Gasteiger partial charge in [0.15, 0.2) is 0 Å². The molecule has 23 heavy (non-hydrogen) atoms. The van der Waals surface area contributed by atoms with Crippen LogP contribution in [-0.2, 0) is 14.4 Å². The Kier molecular flexibility index (Phi) is 5.83. The highest BCUT2D eigenvalue weighted by Crippen LogP contribution is 2.19. The van der Waals surface area contributed by atoms with E-state index in [4.69, 9.17) is 5.11 Å². The molecule has 1 aromatic carbocycles. The fraction of sp³-hybridized carbons (Fsp3) is 0.333. The first kappa shape index (κ1) is 18.1. The molecule has 3 N–H and O–H groups in total. The molecule has 1 aromatic rings. The number of carbonyl (C=O) groups excluding carboxylic acids is 3. The number of rotatable bonds is 5. The minimum Gasteiger partial charge on any atom is -0.507 e. The number of aromatic hydroxyl groups is 1. The second kappa shape index (κ2) is 7.39. The van der Waals surface area contributed by atoms with Gasteiger partial charge in [-0.1, -0.05) is 12.1 Å². The van der Waals surface area contributed by atoms with Crippen molar-refractivity contribution in [2.24, 2.45) is 0 Å². The van der Waals surface area contributed by atoms with Gasteiger partial charge in [-0.05, 0) is 26.0 Å². The van der Waals surface area contributed by atoms with Crippen LogP contribution in [0, 0.1) is 0 Å². The molecule has 0 spiro atoms. The van der Waals surface area contributed by atoms with Crippen LogP contribution in [0.25, 0.3) is 0 Å². The summed E-state index contributed by atoms with van der Waals surface area (Å²) in [5, 5.41) is 20.7. The predicted molar refractivity (Wildman–Crippen MR) is 79.7 cm³/mol. The zero-order chi connectivity index (χ0) is 17.7. The predicted octanol–water partition coefficient (Wildman–Crippen LogP) is 0.359.